The summed E-state index contributed by atoms with van der Waals surface area (Å²) in [5.74, 6) is 2.13. The molecular weight excluding hydrogens is 122 g/mol. The van der Waals surface area contributed by atoms with E-state index in [1.165, 1.54) is 25.8 Å². The number of rotatable bonds is 0. The van der Waals surface area contributed by atoms with Gasteiger partial charge in [-0.1, -0.05) is 6.92 Å². The third kappa shape index (κ3) is 0.430. The second-order valence-corrected chi connectivity index (χ2v) is 4.71. The molecule has 0 amide bonds. The van der Waals surface area contributed by atoms with Crippen molar-refractivity contribution in [1.82, 2.24) is 5.32 Å². The summed E-state index contributed by atoms with van der Waals surface area (Å²) in [5.41, 5.74) is 0.727. The van der Waals surface area contributed by atoms with Crippen LogP contribution in [0.15, 0.2) is 0 Å². The summed E-state index contributed by atoms with van der Waals surface area (Å²) in [6.07, 6.45) is 4.53. The van der Waals surface area contributed by atoms with Crippen LogP contribution in [0.25, 0.3) is 0 Å². The summed E-state index contributed by atoms with van der Waals surface area (Å²) >= 11 is 0. The van der Waals surface area contributed by atoms with Gasteiger partial charge in [0.25, 0.3) is 0 Å². The van der Waals surface area contributed by atoms with E-state index in [9.17, 15) is 0 Å². The van der Waals surface area contributed by atoms with Gasteiger partial charge in [0, 0.05) is 6.04 Å². The summed E-state index contributed by atoms with van der Waals surface area (Å²) in [6.45, 7) is 3.81. The van der Waals surface area contributed by atoms with Gasteiger partial charge in [0.1, 0.15) is 0 Å². The topological polar surface area (TPSA) is 12.0 Å². The monoisotopic (exact) mass is 137 g/mol. The minimum atomic E-state index is 0.727. The molecule has 2 bridgehead atoms. The third-order valence-electron chi connectivity index (χ3n) is 4.25. The minimum absolute atomic E-state index is 0.727. The molecule has 3 fully saturated rings. The Morgan fingerprint density at radius 1 is 1.40 bits per heavy atom. The van der Waals surface area contributed by atoms with Crippen molar-refractivity contribution in [3.63, 3.8) is 0 Å². The van der Waals surface area contributed by atoms with Crippen molar-refractivity contribution in [2.75, 3.05) is 6.54 Å². The number of nitrogens with one attached hydrogen (secondary N) is 1. The van der Waals surface area contributed by atoms with E-state index in [0.29, 0.717) is 0 Å². The first-order valence-corrected chi connectivity index (χ1v) is 4.52. The molecule has 2 aliphatic carbocycles. The quantitative estimate of drug-likeness (QED) is 0.532. The van der Waals surface area contributed by atoms with Gasteiger partial charge in [-0.15, -0.1) is 0 Å². The molecule has 56 valence electrons. The van der Waals surface area contributed by atoms with Gasteiger partial charge in [-0.05, 0) is 43.1 Å². The Kier molecular flexibility index (Phi) is 0.797. The molecule has 0 aromatic rings. The fourth-order valence-corrected chi connectivity index (χ4v) is 3.67. The van der Waals surface area contributed by atoms with E-state index in [2.05, 4.69) is 12.2 Å². The van der Waals surface area contributed by atoms with Gasteiger partial charge in [0.05, 0.1) is 0 Å². The summed E-state index contributed by atoms with van der Waals surface area (Å²) < 4.78 is 0. The molecule has 4 unspecified atom stereocenters. The van der Waals surface area contributed by atoms with Crippen LogP contribution < -0.4 is 5.32 Å². The summed E-state index contributed by atoms with van der Waals surface area (Å²) in [5, 5.41) is 3.65. The van der Waals surface area contributed by atoms with Crippen LogP contribution in [-0.2, 0) is 0 Å². The highest BCUT2D eigenvalue weighted by atomic mass is 15.0. The second kappa shape index (κ2) is 1.42. The fraction of sp³-hybridized carbons (Fsp3) is 1.00. The van der Waals surface area contributed by atoms with Crippen molar-refractivity contribution < 1.29 is 0 Å². The standard InChI is InChI=1S/C9H15N/c1-9-4-6-2-7(9)5-10-8(9)3-6/h6-8,10H,2-5H2,1H3. The molecule has 0 aromatic carbocycles. The van der Waals surface area contributed by atoms with Gasteiger partial charge in [-0.25, -0.2) is 0 Å². The van der Waals surface area contributed by atoms with Crippen molar-refractivity contribution >= 4 is 0 Å². The molecule has 3 rings (SSSR count). The number of fused-ring (bicyclic) bond motifs is 1. The highest BCUT2D eigenvalue weighted by molar-refractivity contribution is 5.11. The molecule has 1 heteroatoms. The molecule has 1 N–H and O–H groups in total. The van der Waals surface area contributed by atoms with Crippen LogP contribution in [0.3, 0.4) is 0 Å². The predicted molar refractivity (Wildman–Crippen MR) is 40.7 cm³/mol. The largest absolute Gasteiger partial charge is 0.313 e. The van der Waals surface area contributed by atoms with Gasteiger partial charge >= 0.3 is 0 Å². The molecule has 2 saturated carbocycles. The molecule has 1 aliphatic heterocycles. The maximum atomic E-state index is 3.65. The van der Waals surface area contributed by atoms with Gasteiger partial charge in [-0.3, -0.25) is 0 Å². The molecule has 0 spiro atoms. The van der Waals surface area contributed by atoms with E-state index < -0.39 is 0 Å². The summed E-state index contributed by atoms with van der Waals surface area (Å²) in [4.78, 5) is 0. The molecule has 1 nitrogen and oxygen atoms in total. The highest BCUT2D eigenvalue weighted by Gasteiger charge is 2.58. The average molecular weight is 137 g/mol. The van der Waals surface area contributed by atoms with E-state index in [1.807, 2.05) is 0 Å². The number of hydrogen-bond donors (Lipinski definition) is 1. The van der Waals surface area contributed by atoms with E-state index in [4.69, 9.17) is 0 Å². The first kappa shape index (κ1) is 5.59. The van der Waals surface area contributed by atoms with Crippen molar-refractivity contribution in [1.29, 1.82) is 0 Å². The Labute approximate surface area is 62.2 Å². The minimum Gasteiger partial charge on any atom is -0.313 e. The van der Waals surface area contributed by atoms with Crippen molar-refractivity contribution in [3.05, 3.63) is 0 Å². The lowest BCUT2D eigenvalue weighted by Crippen LogP contribution is -2.31. The van der Waals surface area contributed by atoms with Crippen molar-refractivity contribution in [3.8, 4) is 0 Å². The molecule has 1 saturated heterocycles. The molecule has 0 aromatic heterocycles. The second-order valence-electron chi connectivity index (χ2n) is 4.71. The summed E-state index contributed by atoms with van der Waals surface area (Å²) in [7, 11) is 0. The van der Waals surface area contributed by atoms with Crippen LogP contribution >= 0.6 is 0 Å². The first-order valence-electron chi connectivity index (χ1n) is 4.52. The van der Waals surface area contributed by atoms with Crippen LogP contribution in [0.2, 0.25) is 0 Å². The fourth-order valence-electron chi connectivity index (χ4n) is 3.67. The normalized spacial score (nSPS) is 63.9. The SMILES string of the molecule is CC12CC3CC1CNC2C3. The van der Waals surface area contributed by atoms with Gasteiger partial charge < -0.3 is 5.32 Å². The Bertz CT molecular complexity index is 162. The van der Waals surface area contributed by atoms with Crippen LogP contribution in [0.1, 0.15) is 26.2 Å². The zero-order valence-corrected chi connectivity index (χ0v) is 6.56. The lowest BCUT2D eigenvalue weighted by atomic mass is 9.77. The Hall–Kier alpha value is -0.0400. The van der Waals surface area contributed by atoms with E-state index in [0.717, 1.165) is 23.3 Å². The molecule has 0 radical (unpaired) electrons. The van der Waals surface area contributed by atoms with Gasteiger partial charge in [0.15, 0.2) is 0 Å². The van der Waals surface area contributed by atoms with Crippen LogP contribution in [-0.4, -0.2) is 12.6 Å². The molecule has 10 heavy (non-hydrogen) atoms. The zero-order valence-electron chi connectivity index (χ0n) is 6.56. The lowest BCUT2D eigenvalue weighted by molar-refractivity contribution is 0.248. The van der Waals surface area contributed by atoms with Crippen LogP contribution in [0.5, 0.6) is 0 Å². The van der Waals surface area contributed by atoms with Gasteiger partial charge in [0.2, 0.25) is 0 Å². The third-order valence-corrected chi connectivity index (χ3v) is 4.25. The molecule has 3 aliphatic rings. The van der Waals surface area contributed by atoms with Crippen LogP contribution in [0, 0.1) is 17.3 Å². The smallest absolute Gasteiger partial charge is 0.0127 e. The Morgan fingerprint density at radius 3 is 2.90 bits per heavy atom. The van der Waals surface area contributed by atoms with Gasteiger partial charge in [-0.2, -0.15) is 0 Å². The first-order chi connectivity index (χ1) is 4.79. The Balaban J connectivity index is 2.08. The van der Waals surface area contributed by atoms with Crippen LogP contribution in [0.4, 0.5) is 0 Å². The highest BCUT2D eigenvalue weighted by Crippen LogP contribution is 2.59. The molecule has 4 atom stereocenters. The van der Waals surface area contributed by atoms with Crippen molar-refractivity contribution in [2.24, 2.45) is 17.3 Å². The van der Waals surface area contributed by atoms with E-state index in [-0.39, 0.29) is 0 Å². The van der Waals surface area contributed by atoms with E-state index in [1.54, 1.807) is 0 Å². The molecular formula is C9H15N. The zero-order chi connectivity index (χ0) is 6.77. The predicted octanol–water partition coefficient (Wildman–Crippen LogP) is 1.39. The van der Waals surface area contributed by atoms with Crippen molar-refractivity contribution in [2.45, 2.75) is 32.2 Å². The lowest BCUT2D eigenvalue weighted by Gasteiger charge is -2.28. The summed E-state index contributed by atoms with van der Waals surface area (Å²) in [6, 6.07) is 0.899. The maximum absolute atomic E-state index is 3.65. The number of hydrogen-bond acceptors (Lipinski definition) is 1. The average Bonchev–Trinajstić information content (AvgIpc) is 2.27. The van der Waals surface area contributed by atoms with E-state index >= 15 is 0 Å². The Morgan fingerprint density at radius 2 is 2.30 bits per heavy atom. The maximum Gasteiger partial charge on any atom is 0.0127 e. The molecule has 1 heterocycles.